The van der Waals surface area contributed by atoms with Gasteiger partial charge in [-0.1, -0.05) is 23.2 Å². The van der Waals surface area contributed by atoms with E-state index in [1.54, 1.807) is 12.1 Å². The topological polar surface area (TPSA) is 88.4 Å². The average Bonchev–Trinajstić information content (AvgIpc) is 3.15. The molecule has 3 rings (SSSR count). The average molecular weight is 425 g/mol. The lowest BCUT2D eigenvalue weighted by Gasteiger charge is -2.11. The Balaban J connectivity index is 1.78. The lowest BCUT2D eigenvalue weighted by molar-refractivity contribution is 0.0948. The Labute approximate surface area is 166 Å². The molecule has 2 N–H and O–H groups in total. The minimum absolute atomic E-state index is 0.0469. The molecule has 0 unspecified atom stereocenters. The van der Waals surface area contributed by atoms with Crippen LogP contribution in [-0.4, -0.2) is 14.3 Å². The zero-order valence-corrected chi connectivity index (χ0v) is 16.1. The van der Waals surface area contributed by atoms with E-state index in [-0.39, 0.29) is 27.7 Å². The Kier molecular flexibility index (Phi) is 5.74. The van der Waals surface area contributed by atoms with Crippen LogP contribution in [0.4, 0.5) is 5.69 Å². The van der Waals surface area contributed by atoms with Gasteiger partial charge in [0.15, 0.2) is 0 Å². The molecule has 0 radical (unpaired) electrons. The van der Waals surface area contributed by atoms with Crippen molar-refractivity contribution in [1.29, 1.82) is 0 Å². The van der Waals surface area contributed by atoms with Crippen molar-refractivity contribution in [3.05, 3.63) is 82.2 Å². The second kappa shape index (κ2) is 8.04. The van der Waals surface area contributed by atoms with Crippen molar-refractivity contribution in [2.24, 2.45) is 0 Å². The molecule has 1 amide bonds. The first-order chi connectivity index (χ1) is 12.8. The van der Waals surface area contributed by atoms with Gasteiger partial charge in [-0.3, -0.25) is 9.52 Å². The monoisotopic (exact) mass is 424 g/mol. The molecule has 0 aliphatic rings. The largest absolute Gasteiger partial charge is 0.467 e. The Morgan fingerprint density at radius 3 is 2.44 bits per heavy atom. The molecule has 0 saturated heterocycles. The standard InChI is InChI=1S/C18H14Cl2N2O4S/c19-12-3-6-15(7-4-12)27(24,25)22-13-5-8-17(20)16(10-13)18(23)21-11-14-2-1-9-26-14/h1-10,22H,11H2,(H,21,23). The number of carbonyl (C=O) groups is 1. The predicted molar refractivity (Wildman–Crippen MR) is 104 cm³/mol. The maximum absolute atomic E-state index is 12.5. The summed E-state index contributed by atoms with van der Waals surface area (Å²) in [4.78, 5) is 12.4. The van der Waals surface area contributed by atoms with Gasteiger partial charge in [0.05, 0.1) is 28.3 Å². The summed E-state index contributed by atoms with van der Waals surface area (Å²) in [6.07, 6.45) is 1.50. The zero-order valence-electron chi connectivity index (χ0n) is 13.8. The predicted octanol–water partition coefficient (Wildman–Crippen LogP) is 4.32. The molecule has 2 aromatic carbocycles. The van der Waals surface area contributed by atoms with Crippen LogP contribution in [0.15, 0.2) is 70.2 Å². The van der Waals surface area contributed by atoms with Crippen LogP contribution in [0, 0.1) is 0 Å². The first kappa shape index (κ1) is 19.3. The van der Waals surface area contributed by atoms with Crippen LogP contribution in [-0.2, 0) is 16.6 Å². The normalized spacial score (nSPS) is 11.2. The second-order valence-electron chi connectivity index (χ2n) is 5.52. The van der Waals surface area contributed by atoms with Crippen molar-refractivity contribution < 1.29 is 17.6 Å². The molecule has 6 nitrogen and oxygen atoms in total. The number of benzene rings is 2. The molecular weight excluding hydrogens is 411 g/mol. The number of halogens is 2. The summed E-state index contributed by atoms with van der Waals surface area (Å²) < 4.78 is 32.5. The summed E-state index contributed by atoms with van der Waals surface area (Å²) in [5, 5.41) is 3.28. The Bertz CT molecular complexity index is 1050. The van der Waals surface area contributed by atoms with Crippen LogP contribution >= 0.6 is 23.2 Å². The van der Waals surface area contributed by atoms with Crippen molar-refractivity contribution in [3.8, 4) is 0 Å². The lowest BCUT2D eigenvalue weighted by atomic mass is 10.2. The van der Waals surface area contributed by atoms with Crippen molar-refractivity contribution in [1.82, 2.24) is 5.32 Å². The molecule has 1 aromatic heterocycles. The van der Waals surface area contributed by atoms with Crippen LogP contribution in [0.25, 0.3) is 0 Å². The van der Waals surface area contributed by atoms with Gasteiger partial charge in [-0.2, -0.15) is 0 Å². The maximum Gasteiger partial charge on any atom is 0.261 e. The number of amides is 1. The van der Waals surface area contributed by atoms with Crippen molar-refractivity contribution in [2.75, 3.05) is 4.72 Å². The summed E-state index contributed by atoms with van der Waals surface area (Å²) in [6.45, 7) is 0.183. The lowest BCUT2D eigenvalue weighted by Crippen LogP contribution is -2.23. The van der Waals surface area contributed by atoms with E-state index in [1.807, 2.05) is 0 Å². The number of hydrogen-bond donors (Lipinski definition) is 2. The first-order valence-corrected chi connectivity index (χ1v) is 9.97. The van der Waals surface area contributed by atoms with Crippen molar-refractivity contribution in [3.63, 3.8) is 0 Å². The molecule has 0 atom stereocenters. The fraction of sp³-hybridized carbons (Fsp3) is 0.0556. The zero-order chi connectivity index (χ0) is 19.4. The Morgan fingerprint density at radius 1 is 1.04 bits per heavy atom. The number of anilines is 1. The maximum atomic E-state index is 12.5. The fourth-order valence-electron chi connectivity index (χ4n) is 2.27. The highest BCUT2D eigenvalue weighted by molar-refractivity contribution is 7.92. The molecule has 140 valence electrons. The van der Waals surface area contributed by atoms with Gasteiger partial charge in [0.1, 0.15) is 5.76 Å². The van der Waals surface area contributed by atoms with Crippen molar-refractivity contribution >= 4 is 44.8 Å². The van der Waals surface area contributed by atoms with E-state index in [0.29, 0.717) is 10.8 Å². The molecule has 9 heteroatoms. The third-order valence-electron chi connectivity index (χ3n) is 3.59. The minimum atomic E-state index is -3.83. The van der Waals surface area contributed by atoms with E-state index < -0.39 is 15.9 Å². The van der Waals surface area contributed by atoms with Crippen LogP contribution in [0.3, 0.4) is 0 Å². The summed E-state index contributed by atoms with van der Waals surface area (Å²) in [6, 6.07) is 13.4. The summed E-state index contributed by atoms with van der Waals surface area (Å²) in [5.74, 6) is 0.128. The number of nitrogens with one attached hydrogen (secondary N) is 2. The highest BCUT2D eigenvalue weighted by Gasteiger charge is 2.17. The summed E-state index contributed by atoms with van der Waals surface area (Å²) >= 11 is 11.9. The second-order valence-corrected chi connectivity index (χ2v) is 8.04. The van der Waals surface area contributed by atoms with Gasteiger partial charge in [0.25, 0.3) is 15.9 Å². The number of carbonyl (C=O) groups excluding carboxylic acids is 1. The number of rotatable bonds is 6. The van der Waals surface area contributed by atoms with E-state index in [2.05, 4.69) is 10.0 Å². The molecule has 0 bridgehead atoms. The van der Waals surface area contributed by atoms with Gasteiger partial charge in [-0.25, -0.2) is 8.42 Å². The van der Waals surface area contributed by atoms with Gasteiger partial charge in [0.2, 0.25) is 0 Å². The number of furan rings is 1. The quantitative estimate of drug-likeness (QED) is 0.616. The van der Waals surface area contributed by atoms with E-state index in [9.17, 15) is 13.2 Å². The molecule has 0 spiro atoms. The molecular formula is C18H14Cl2N2O4S. The minimum Gasteiger partial charge on any atom is -0.467 e. The number of sulfonamides is 1. The van der Waals surface area contributed by atoms with Crippen molar-refractivity contribution in [2.45, 2.75) is 11.4 Å². The van der Waals surface area contributed by atoms with Crippen LogP contribution in [0.2, 0.25) is 10.0 Å². The third kappa shape index (κ3) is 4.82. The SMILES string of the molecule is O=C(NCc1ccco1)c1cc(NS(=O)(=O)c2ccc(Cl)cc2)ccc1Cl. The molecule has 3 aromatic rings. The van der Waals surface area contributed by atoms with Gasteiger partial charge in [-0.05, 0) is 54.6 Å². The van der Waals surface area contributed by atoms with Gasteiger partial charge >= 0.3 is 0 Å². The number of hydrogen-bond acceptors (Lipinski definition) is 4. The molecule has 1 heterocycles. The smallest absolute Gasteiger partial charge is 0.261 e. The molecule has 27 heavy (non-hydrogen) atoms. The fourth-order valence-corrected chi connectivity index (χ4v) is 3.65. The third-order valence-corrected chi connectivity index (χ3v) is 5.57. The van der Waals surface area contributed by atoms with Crippen LogP contribution < -0.4 is 10.0 Å². The molecule has 0 saturated carbocycles. The van der Waals surface area contributed by atoms with Gasteiger partial charge in [-0.15, -0.1) is 0 Å². The first-order valence-electron chi connectivity index (χ1n) is 7.74. The van der Waals surface area contributed by atoms with Crippen LogP contribution in [0.1, 0.15) is 16.1 Å². The van der Waals surface area contributed by atoms with Gasteiger partial charge < -0.3 is 9.73 Å². The summed E-state index contributed by atoms with van der Waals surface area (Å²) in [7, 11) is -3.83. The molecule has 0 fully saturated rings. The van der Waals surface area contributed by atoms with E-state index in [4.69, 9.17) is 27.6 Å². The molecule has 0 aliphatic heterocycles. The van der Waals surface area contributed by atoms with Gasteiger partial charge in [0, 0.05) is 10.7 Å². The van der Waals surface area contributed by atoms with E-state index in [1.165, 1.54) is 48.7 Å². The highest BCUT2D eigenvalue weighted by atomic mass is 35.5. The summed E-state index contributed by atoms with van der Waals surface area (Å²) in [5.41, 5.74) is 0.344. The highest BCUT2D eigenvalue weighted by Crippen LogP contribution is 2.23. The van der Waals surface area contributed by atoms with E-state index in [0.717, 1.165) is 0 Å². The Morgan fingerprint density at radius 2 is 1.78 bits per heavy atom. The van der Waals surface area contributed by atoms with E-state index >= 15 is 0 Å². The molecule has 0 aliphatic carbocycles. The van der Waals surface area contributed by atoms with Crippen LogP contribution in [0.5, 0.6) is 0 Å². The Hall–Kier alpha value is -2.48.